The van der Waals surface area contributed by atoms with Gasteiger partial charge in [0.15, 0.2) is 9.84 Å². The van der Waals surface area contributed by atoms with Crippen molar-refractivity contribution in [3.05, 3.63) is 69.3 Å². The van der Waals surface area contributed by atoms with Gasteiger partial charge in [-0.2, -0.15) is 0 Å². The number of quaternary nitrogens is 1. The van der Waals surface area contributed by atoms with Crippen molar-refractivity contribution >= 4 is 21.4 Å². The molecular formula is C19H20F2N3O5S+. The Balaban J connectivity index is 1.94. The first-order chi connectivity index (χ1) is 14.1. The Morgan fingerprint density at radius 3 is 2.47 bits per heavy atom. The number of halogens is 2. The van der Waals surface area contributed by atoms with Gasteiger partial charge in [-0.25, -0.2) is 17.2 Å². The van der Waals surface area contributed by atoms with Crippen molar-refractivity contribution in [1.29, 1.82) is 0 Å². The van der Waals surface area contributed by atoms with Crippen LogP contribution in [0.5, 0.6) is 0 Å². The predicted molar refractivity (Wildman–Crippen MR) is 103 cm³/mol. The number of carbonyl (C=O) groups excluding carboxylic acids is 1. The van der Waals surface area contributed by atoms with Crippen LogP contribution in [0.4, 0.5) is 14.5 Å². The van der Waals surface area contributed by atoms with Crippen molar-refractivity contribution in [3.8, 4) is 0 Å². The lowest BCUT2D eigenvalue weighted by Crippen LogP contribution is -3.12. The summed E-state index contributed by atoms with van der Waals surface area (Å²) >= 11 is 0. The van der Waals surface area contributed by atoms with E-state index in [9.17, 15) is 32.1 Å². The summed E-state index contributed by atoms with van der Waals surface area (Å²) in [6.07, 6.45) is 0. The Bertz CT molecular complexity index is 1100. The zero-order valence-corrected chi connectivity index (χ0v) is 16.9. The molecule has 160 valence electrons. The van der Waals surface area contributed by atoms with E-state index in [1.165, 1.54) is 11.0 Å². The summed E-state index contributed by atoms with van der Waals surface area (Å²) in [5.41, 5.74) is -1.22. The molecule has 0 saturated carbocycles. The molecule has 8 nitrogen and oxygen atoms in total. The second kappa shape index (κ2) is 8.44. The Kier molecular flexibility index (Phi) is 6.13. The van der Waals surface area contributed by atoms with Gasteiger partial charge in [0, 0.05) is 17.2 Å². The fourth-order valence-corrected chi connectivity index (χ4v) is 4.78. The first-order valence-corrected chi connectivity index (χ1v) is 10.8. The maximum absolute atomic E-state index is 13.9. The molecule has 2 aromatic carbocycles. The molecule has 11 heteroatoms. The van der Waals surface area contributed by atoms with E-state index in [2.05, 4.69) is 0 Å². The lowest BCUT2D eigenvalue weighted by atomic mass is 10.1. The van der Waals surface area contributed by atoms with Crippen molar-refractivity contribution in [2.24, 2.45) is 0 Å². The standard InChI is InChI=1S/C19H19F2N3O5S/c1-22-6-8-23(9-7-22)19(25)13-2-5-18(17(11-13)24(26)27)30(28,29)12-14-10-15(20)3-4-16(14)21/h2-5,10-11H,6-9,12H2,1H3/p+1. The van der Waals surface area contributed by atoms with Gasteiger partial charge in [-0.15, -0.1) is 0 Å². The number of rotatable bonds is 5. The Morgan fingerprint density at radius 1 is 1.17 bits per heavy atom. The molecule has 1 N–H and O–H groups in total. The van der Waals surface area contributed by atoms with Crippen molar-refractivity contribution in [1.82, 2.24) is 4.90 Å². The molecule has 1 fully saturated rings. The minimum atomic E-state index is -4.38. The normalized spacial score (nSPS) is 15.2. The zero-order valence-electron chi connectivity index (χ0n) is 16.1. The number of hydrogen-bond donors (Lipinski definition) is 1. The van der Waals surface area contributed by atoms with E-state index in [1.807, 2.05) is 7.05 Å². The summed E-state index contributed by atoms with van der Waals surface area (Å²) in [6.45, 7) is 2.44. The molecular weight excluding hydrogens is 420 g/mol. The van der Waals surface area contributed by atoms with E-state index in [4.69, 9.17) is 0 Å². The Hall–Kier alpha value is -2.92. The van der Waals surface area contributed by atoms with E-state index < -0.39 is 54.2 Å². The highest BCUT2D eigenvalue weighted by Crippen LogP contribution is 2.29. The molecule has 0 radical (unpaired) electrons. The van der Waals surface area contributed by atoms with Crippen molar-refractivity contribution < 1.29 is 31.8 Å². The van der Waals surface area contributed by atoms with Gasteiger partial charge in [0.1, 0.15) is 16.5 Å². The number of nitrogens with one attached hydrogen (secondary N) is 1. The quantitative estimate of drug-likeness (QED) is 0.548. The number of nitrogens with zero attached hydrogens (tertiary/aromatic N) is 2. The van der Waals surface area contributed by atoms with Gasteiger partial charge in [-0.3, -0.25) is 14.9 Å². The van der Waals surface area contributed by atoms with Gasteiger partial charge in [-0.05, 0) is 30.3 Å². The van der Waals surface area contributed by atoms with Gasteiger partial charge < -0.3 is 9.80 Å². The van der Waals surface area contributed by atoms with Crippen LogP contribution in [0.2, 0.25) is 0 Å². The summed E-state index contributed by atoms with van der Waals surface area (Å²) in [6, 6.07) is 5.45. The maximum Gasteiger partial charge on any atom is 0.288 e. The molecule has 2 aromatic rings. The number of nitro benzene ring substituents is 1. The third-order valence-electron chi connectivity index (χ3n) is 5.00. The first kappa shape index (κ1) is 21.8. The van der Waals surface area contributed by atoms with Gasteiger partial charge in [-0.1, -0.05) is 0 Å². The van der Waals surface area contributed by atoms with Gasteiger partial charge in [0.05, 0.1) is 43.9 Å². The molecule has 0 atom stereocenters. The molecule has 1 saturated heterocycles. The van der Waals surface area contributed by atoms with Crippen molar-refractivity contribution in [3.63, 3.8) is 0 Å². The predicted octanol–water partition coefficient (Wildman–Crippen LogP) is 0.817. The van der Waals surface area contributed by atoms with Crippen LogP contribution >= 0.6 is 0 Å². The number of nitro groups is 1. The molecule has 1 aliphatic heterocycles. The monoisotopic (exact) mass is 440 g/mol. The van der Waals surface area contributed by atoms with E-state index in [1.54, 1.807) is 4.90 Å². The molecule has 30 heavy (non-hydrogen) atoms. The molecule has 1 heterocycles. The number of benzene rings is 2. The number of sulfone groups is 1. The summed E-state index contributed by atoms with van der Waals surface area (Å²) in [5, 5.41) is 11.5. The topological polar surface area (TPSA) is 102 Å². The first-order valence-electron chi connectivity index (χ1n) is 9.14. The largest absolute Gasteiger partial charge is 0.334 e. The van der Waals surface area contributed by atoms with Crippen LogP contribution in [0.1, 0.15) is 15.9 Å². The van der Waals surface area contributed by atoms with Crippen LogP contribution in [0.15, 0.2) is 41.3 Å². The third-order valence-corrected chi connectivity index (χ3v) is 6.70. The third kappa shape index (κ3) is 4.62. The minimum Gasteiger partial charge on any atom is -0.334 e. The number of piperazine rings is 1. The molecule has 0 spiro atoms. The lowest BCUT2D eigenvalue weighted by Gasteiger charge is -2.30. The van der Waals surface area contributed by atoms with Gasteiger partial charge in [0.2, 0.25) is 0 Å². The van der Waals surface area contributed by atoms with Crippen LogP contribution in [0.3, 0.4) is 0 Å². The summed E-state index contributed by atoms with van der Waals surface area (Å²) in [4.78, 5) is 25.4. The molecule has 0 aliphatic carbocycles. The van der Waals surface area contributed by atoms with Crippen LogP contribution in [0, 0.1) is 21.7 Å². The van der Waals surface area contributed by atoms with Crippen LogP contribution < -0.4 is 4.90 Å². The fraction of sp³-hybridized carbons (Fsp3) is 0.316. The number of hydrogen-bond acceptors (Lipinski definition) is 5. The maximum atomic E-state index is 13.9. The van der Waals surface area contributed by atoms with Crippen LogP contribution in [0.25, 0.3) is 0 Å². The highest BCUT2D eigenvalue weighted by Gasteiger charge is 2.30. The summed E-state index contributed by atoms with van der Waals surface area (Å²) < 4.78 is 52.7. The smallest absolute Gasteiger partial charge is 0.288 e. The second-order valence-electron chi connectivity index (χ2n) is 7.18. The lowest BCUT2D eigenvalue weighted by molar-refractivity contribution is -0.883. The summed E-state index contributed by atoms with van der Waals surface area (Å²) in [7, 11) is -2.39. The van der Waals surface area contributed by atoms with Gasteiger partial charge in [0.25, 0.3) is 11.6 Å². The second-order valence-corrected chi connectivity index (χ2v) is 9.14. The van der Waals surface area contributed by atoms with E-state index in [0.717, 1.165) is 43.4 Å². The molecule has 1 aliphatic rings. The highest BCUT2D eigenvalue weighted by atomic mass is 32.2. The Morgan fingerprint density at radius 2 is 1.83 bits per heavy atom. The van der Waals surface area contributed by atoms with Crippen molar-refractivity contribution in [2.45, 2.75) is 10.6 Å². The zero-order chi connectivity index (χ0) is 22.1. The van der Waals surface area contributed by atoms with Crippen molar-refractivity contribution in [2.75, 3.05) is 33.2 Å². The Labute approximate surface area is 171 Å². The van der Waals surface area contributed by atoms with Gasteiger partial charge >= 0.3 is 0 Å². The van der Waals surface area contributed by atoms with Crippen LogP contribution in [-0.2, 0) is 15.6 Å². The SMILES string of the molecule is C[NH+]1CCN(C(=O)c2ccc(S(=O)(=O)Cc3cc(F)ccc3F)c([N+](=O)[O-])c2)CC1. The van der Waals surface area contributed by atoms with E-state index in [0.29, 0.717) is 13.1 Å². The molecule has 0 bridgehead atoms. The summed E-state index contributed by atoms with van der Waals surface area (Å²) in [5.74, 6) is -3.14. The average molecular weight is 440 g/mol. The number of carbonyl (C=O) groups is 1. The molecule has 1 amide bonds. The van der Waals surface area contributed by atoms with Crippen LogP contribution in [-0.4, -0.2) is 57.4 Å². The molecule has 3 rings (SSSR count). The fourth-order valence-electron chi connectivity index (χ4n) is 3.27. The highest BCUT2D eigenvalue weighted by molar-refractivity contribution is 7.90. The van der Waals surface area contributed by atoms with E-state index in [-0.39, 0.29) is 5.56 Å². The number of amides is 1. The average Bonchev–Trinajstić information content (AvgIpc) is 2.70. The minimum absolute atomic E-state index is 0.00265. The molecule has 0 aromatic heterocycles. The number of likely N-dealkylation sites (N-methyl/N-ethyl adjacent to an activating group) is 1. The van der Waals surface area contributed by atoms with E-state index >= 15 is 0 Å². The molecule has 0 unspecified atom stereocenters.